The van der Waals surface area contributed by atoms with E-state index in [9.17, 15) is 4.79 Å². The summed E-state index contributed by atoms with van der Waals surface area (Å²) >= 11 is 0. The van der Waals surface area contributed by atoms with E-state index in [4.69, 9.17) is 9.47 Å². The number of aromatic nitrogens is 2. The summed E-state index contributed by atoms with van der Waals surface area (Å²) in [6, 6.07) is 4.04. The van der Waals surface area contributed by atoms with Crippen LogP contribution >= 0.6 is 0 Å². The number of benzene rings is 1. The van der Waals surface area contributed by atoms with Crippen molar-refractivity contribution in [2.24, 2.45) is 5.92 Å². The Balaban J connectivity index is 1.72. The maximum absolute atomic E-state index is 12.1. The molecule has 0 saturated carbocycles. The average molecular weight is 370 g/mol. The number of hydrogen-bond acceptors (Lipinski definition) is 6. The molecule has 1 amide bonds. The summed E-state index contributed by atoms with van der Waals surface area (Å²) < 4.78 is 10.8. The molecule has 0 aliphatic carbocycles. The number of methoxy groups -OCH3 is 2. The number of hydrogen-bond donors (Lipinski definition) is 1. The molecule has 2 aromatic rings. The molecule has 1 N–H and O–H groups in total. The van der Waals surface area contributed by atoms with E-state index in [2.05, 4.69) is 34.0 Å². The fourth-order valence-corrected chi connectivity index (χ4v) is 3.05. The summed E-state index contributed by atoms with van der Waals surface area (Å²) in [5, 5.41) is 2.88. The Hall–Kier alpha value is -2.83. The molecule has 1 aromatic heterocycles. The zero-order valence-electron chi connectivity index (χ0n) is 16.3. The molecule has 0 unspecified atom stereocenters. The largest absolute Gasteiger partial charge is 0.493 e. The minimum atomic E-state index is -0.143. The van der Waals surface area contributed by atoms with Crippen LogP contribution in [0.25, 0.3) is 0 Å². The number of fused-ring (bicyclic) bond motifs is 1. The van der Waals surface area contributed by atoms with Gasteiger partial charge in [0.15, 0.2) is 11.5 Å². The Morgan fingerprint density at radius 1 is 1.15 bits per heavy atom. The van der Waals surface area contributed by atoms with Crippen LogP contribution in [-0.2, 0) is 13.0 Å². The van der Waals surface area contributed by atoms with Gasteiger partial charge in [-0.2, -0.15) is 0 Å². The van der Waals surface area contributed by atoms with Crippen molar-refractivity contribution in [3.8, 4) is 11.5 Å². The second-order valence-electron chi connectivity index (χ2n) is 7.02. The van der Waals surface area contributed by atoms with E-state index in [1.165, 1.54) is 11.1 Å². The molecule has 0 atom stereocenters. The molecule has 1 aliphatic rings. The maximum Gasteiger partial charge on any atom is 0.254 e. The van der Waals surface area contributed by atoms with Crippen LogP contribution in [0.15, 0.2) is 24.5 Å². The van der Waals surface area contributed by atoms with Gasteiger partial charge in [0.05, 0.1) is 19.8 Å². The third kappa shape index (κ3) is 4.30. The third-order valence-corrected chi connectivity index (χ3v) is 4.57. The first kappa shape index (κ1) is 18.9. The predicted octanol–water partition coefficient (Wildman–Crippen LogP) is 2.44. The van der Waals surface area contributed by atoms with Crippen LogP contribution in [0.3, 0.4) is 0 Å². The molecule has 0 spiro atoms. The van der Waals surface area contributed by atoms with E-state index in [-0.39, 0.29) is 5.91 Å². The van der Waals surface area contributed by atoms with Gasteiger partial charge in [-0.3, -0.25) is 4.79 Å². The SMILES string of the molecule is COc1cc2c(cc1OC)CN(c1ncc(C(=O)NCC(C)C)cn1)CC2. The predicted molar refractivity (Wildman–Crippen MR) is 104 cm³/mol. The van der Waals surface area contributed by atoms with Crippen molar-refractivity contribution in [3.05, 3.63) is 41.2 Å². The van der Waals surface area contributed by atoms with Crippen molar-refractivity contribution >= 4 is 11.9 Å². The molecule has 2 heterocycles. The second kappa shape index (κ2) is 8.24. The molecular formula is C20H26N4O3. The summed E-state index contributed by atoms with van der Waals surface area (Å²) in [6.07, 6.45) is 4.04. The molecule has 0 bridgehead atoms. The quantitative estimate of drug-likeness (QED) is 0.842. The van der Waals surface area contributed by atoms with Gasteiger partial charge in [-0.1, -0.05) is 13.8 Å². The van der Waals surface area contributed by atoms with Gasteiger partial charge in [0.25, 0.3) is 5.91 Å². The number of amides is 1. The highest BCUT2D eigenvalue weighted by Gasteiger charge is 2.21. The van der Waals surface area contributed by atoms with Gasteiger partial charge < -0.3 is 19.7 Å². The highest BCUT2D eigenvalue weighted by Crippen LogP contribution is 2.33. The molecule has 0 saturated heterocycles. The third-order valence-electron chi connectivity index (χ3n) is 4.57. The summed E-state index contributed by atoms with van der Waals surface area (Å²) in [5.41, 5.74) is 2.89. The smallest absolute Gasteiger partial charge is 0.254 e. The van der Waals surface area contributed by atoms with Crippen LogP contribution in [0.2, 0.25) is 0 Å². The fourth-order valence-electron chi connectivity index (χ4n) is 3.05. The van der Waals surface area contributed by atoms with Gasteiger partial charge in [-0.25, -0.2) is 9.97 Å². The van der Waals surface area contributed by atoms with Crippen molar-refractivity contribution in [1.82, 2.24) is 15.3 Å². The number of rotatable bonds is 6. The monoisotopic (exact) mass is 370 g/mol. The Labute approximate surface area is 159 Å². The Morgan fingerprint density at radius 3 is 2.37 bits per heavy atom. The first-order chi connectivity index (χ1) is 13.0. The molecule has 3 rings (SSSR count). The Morgan fingerprint density at radius 2 is 1.78 bits per heavy atom. The van der Waals surface area contributed by atoms with Crippen molar-refractivity contribution < 1.29 is 14.3 Å². The van der Waals surface area contributed by atoms with Gasteiger partial charge in [0.2, 0.25) is 5.95 Å². The molecule has 1 aliphatic heterocycles. The number of ether oxygens (including phenoxy) is 2. The van der Waals surface area contributed by atoms with Gasteiger partial charge in [-0.15, -0.1) is 0 Å². The second-order valence-corrected chi connectivity index (χ2v) is 7.02. The topological polar surface area (TPSA) is 76.6 Å². The number of anilines is 1. The lowest BCUT2D eigenvalue weighted by Crippen LogP contribution is -2.32. The molecular weight excluding hydrogens is 344 g/mol. The molecule has 144 valence electrons. The van der Waals surface area contributed by atoms with E-state index in [1.54, 1.807) is 26.6 Å². The molecule has 0 fully saturated rings. The molecule has 0 radical (unpaired) electrons. The van der Waals surface area contributed by atoms with Crippen LogP contribution in [0, 0.1) is 5.92 Å². The van der Waals surface area contributed by atoms with Crippen LogP contribution in [-0.4, -0.2) is 43.2 Å². The van der Waals surface area contributed by atoms with Crippen molar-refractivity contribution in [2.75, 3.05) is 32.2 Å². The average Bonchev–Trinajstić information content (AvgIpc) is 2.70. The van der Waals surface area contributed by atoms with E-state index in [0.717, 1.165) is 24.5 Å². The Bertz CT molecular complexity index is 806. The molecule has 27 heavy (non-hydrogen) atoms. The highest BCUT2D eigenvalue weighted by atomic mass is 16.5. The van der Waals surface area contributed by atoms with Crippen LogP contribution in [0.1, 0.15) is 35.3 Å². The summed E-state index contributed by atoms with van der Waals surface area (Å²) in [7, 11) is 3.28. The zero-order chi connectivity index (χ0) is 19.4. The van der Waals surface area contributed by atoms with Gasteiger partial charge in [0.1, 0.15) is 0 Å². The van der Waals surface area contributed by atoms with E-state index in [0.29, 0.717) is 30.5 Å². The van der Waals surface area contributed by atoms with E-state index < -0.39 is 0 Å². The first-order valence-corrected chi connectivity index (χ1v) is 9.10. The zero-order valence-corrected chi connectivity index (χ0v) is 16.3. The van der Waals surface area contributed by atoms with Crippen molar-refractivity contribution in [1.29, 1.82) is 0 Å². The first-order valence-electron chi connectivity index (χ1n) is 9.10. The summed E-state index contributed by atoms with van der Waals surface area (Å²) in [5.74, 6) is 2.35. The number of nitrogens with one attached hydrogen (secondary N) is 1. The summed E-state index contributed by atoms with van der Waals surface area (Å²) in [6.45, 7) is 6.24. The Kier molecular flexibility index (Phi) is 5.78. The molecule has 7 nitrogen and oxygen atoms in total. The maximum atomic E-state index is 12.1. The van der Waals surface area contributed by atoms with Gasteiger partial charge >= 0.3 is 0 Å². The minimum absolute atomic E-state index is 0.143. The molecule has 1 aromatic carbocycles. The van der Waals surface area contributed by atoms with Crippen molar-refractivity contribution in [2.45, 2.75) is 26.8 Å². The number of carbonyl (C=O) groups is 1. The normalized spacial score (nSPS) is 13.3. The lowest BCUT2D eigenvalue weighted by Gasteiger charge is -2.29. The van der Waals surface area contributed by atoms with E-state index in [1.807, 2.05) is 12.1 Å². The van der Waals surface area contributed by atoms with Gasteiger partial charge in [0, 0.05) is 32.0 Å². The minimum Gasteiger partial charge on any atom is -0.493 e. The number of nitrogens with zero attached hydrogens (tertiary/aromatic N) is 3. The summed E-state index contributed by atoms with van der Waals surface area (Å²) in [4.78, 5) is 23.0. The van der Waals surface area contributed by atoms with E-state index >= 15 is 0 Å². The lowest BCUT2D eigenvalue weighted by atomic mass is 9.99. The lowest BCUT2D eigenvalue weighted by molar-refractivity contribution is 0.0948. The number of carbonyl (C=O) groups excluding carboxylic acids is 1. The standard InChI is InChI=1S/C20H26N4O3/c1-13(2)9-21-19(25)16-10-22-20(23-11-16)24-6-5-14-7-17(26-3)18(27-4)8-15(14)12-24/h7-8,10-11,13H,5-6,9,12H2,1-4H3,(H,21,25). The van der Waals surface area contributed by atoms with Crippen LogP contribution in [0.4, 0.5) is 5.95 Å². The van der Waals surface area contributed by atoms with Crippen LogP contribution in [0.5, 0.6) is 11.5 Å². The molecule has 7 heteroatoms. The van der Waals surface area contributed by atoms with Crippen molar-refractivity contribution in [3.63, 3.8) is 0 Å². The fraction of sp³-hybridized carbons (Fsp3) is 0.450. The van der Waals surface area contributed by atoms with Gasteiger partial charge in [-0.05, 0) is 35.6 Å². The van der Waals surface area contributed by atoms with Crippen LogP contribution < -0.4 is 19.7 Å². The highest BCUT2D eigenvalue weighted by molar-refractivity contribution is 5.93.